The van der Waals surface area contributed by atoms with Crippen molar-refractivity contribution in [2.45, 2.75) is 16.5 Å². The fraction of sp³-hybridized carbons (Fsp3) is 0.111. The van der Waals surface area contributed by atoms with Crippen LogP contribution >= 0.6 is 11.8 Å². The molecule has 0 spiro atoms. The van der Waals surface area contributed by atoms with Crippen molar-refractivity contribution in [3.8, 4) is 22.8 Å². The normalized spacial score (nSPS) is 11.1. The van der Waals surface area contributed by atoms with Crippen LogP contribution in [0, 0.1) is 0 Å². The molecule has 31 heavy (non-hydrogen) atoms. The Morgan fingerprint density at radius 2 is 1.84 bits per heavy atom. The number of carboxylic acid groups (broad SMARTS) is 1. The number of alkyl halides is 2. The molecule has 158 valence electrons. The number of hydrogen-bond acceptors (Lipinski definition) is 8. The van der Waals surface area contributed by atoms with Crippen molar-refractivity contribution in [3.63, 3.8) is 0 Å². The highest BCUT2D eigenvalue weighted by molar-refractivity contribution is 7.99. The topological polar surface area (TPSA) is 132 Å². The number of anilines is 1. The second kappa shape index (κ2) is 8.47. The highest BCUT2D eigenvalue weighted by Crippen LogP contribution is 2.31. The Hall–Kier alpha value is -3.87. The highest BCUT2D eigenvalue weighted by Gasteiger charge is 2.17. The molecule has 4 aromatic rings. The van der Waals surface area contributed by atoms with Crippen molar-refractivity contribution >= 4 is 23.7 Å². The van der Waals surface area contributed by atoms with E-state index in [0.717, 1.165) is 4.90 Å². The molecule has 1 aromatic carbocycles. The van der Waals surface area contributed by atoms with Crippen molar-refractivity contribution in [2.75, 3.05) is 5.32 Å². The lowest BCUT2D eigenvalue weighted by Crippen LogP contribution is -2.08. The predicted molar refractivity (Wildman–Crippen MR) is 105 cm³/mol. The Morgan fingerprint density at radius 1 is 1.10 bits per heavy atom. The first-order valence-corrected chi connectivity index (χ1v) is 9.48. The smallest absolute Gasteiger partial charge is 0.410 e. The lowest BCUT2D eigenvalue weighted by atomic mass is 10.2. The molecule has 13 heteroatoms. The van der Waals surface area contributed by atoms with Gasteiger partial charge in [0.15, 0.2) is 11.0 Å². The van der Waals surface area contributed by atoms with E-state index in [-0.39, 0.29) is 11.7 Å². The van der Waals surface area contributed by atoms with E-state index >= 15 is 0 Å². The molecule has 0 unspecified atom stereocenters. The van der Waals surface area contributed by atoms with E-state index in [1.54, 1.807) is 41.9 Å². The molecule has 0 aliphatic heterocycles. The second-order valence-electron chi connectivity index (χ2n) is 6.10. The van der Waals surface area contributed by atoms with E-state index in [1.807, 2.05) is 0 Å². The minimum absolute atomic E-state index is 0.0149. The van der Waals surface area contributed by atoms with Gasteiger partial charge in [0, 0.05) is 29.3 Å². The Balaban J connectivity index is 1.49. The summed E-state index contributed by atoms with van der Waals surface area (Å²) in [5.41, 5.74) is 1.18. The lowest BCUT2D eigenvalue weighted by Gasteiger charge is -2.05. The van der Waals surface area contributed by atoms with Crippen LogP contribution in [0.5, 0.6) is 0 Å². The van der Waals surface area contributed by atoms with E-state index in [9.17, 15) is 13.6 Å². The van der Waals surface area contributed by atoms with Crippen LogP contribution in [0.4, 0.5) is 19.4 Å². The molecule has 4 rings (SSSR count). The molecule has 0 saturated carbocycles. The number of carbonyl (C=O) groups is 1. The van der Waals surface area contributed by atoms with Gasteiger partial charge in [0.05, 0.1) is 0 Å². The average molecular weight is 445 g/mol. The maximum atomic E-state index is 12.6. The SMILES string of the molecule is Cn1c(Sc2ccc(-c3nnc(C(F)F)o3)cc2)nnc1-c1ccc(NC(=O)O)nc1. The van der Waals surface area contributed by atoms with Gasteiger partial charge in [0.1, 0.15) is 5.82 Å². The summed E-state index contributed by atoms with van der Waals surface area (Å²) in [6.07, 6.45) is -2.52. The molecule has 0 aliphatic carbocycles. The monoisotopic (exact) mass is 445 g/mol. The standard InChI is InChI=1S/C18H13F2N7O3S/c1-27-14(10-4-7-12(21-8-10)22-18(28)29)23-26-17(27)31-11-5-2-9(3-6-11)15-24-25-16(30-15)13(19)20/h2-8,13H,1H3,(H,21,22)(H,28,29). The number of hydrogen-bond donors (Lipinski definition) is 2. The predicted octanol–water partition coefficient (Wildman–Crippen LogP) is 4.11. The number of amides is 1. The Morgan fingerprint density at radius 3 is 2.45 bits per heavy atom. The van der Waals surface area contributed by atoms with Crippen LogP contribution in [0.3, 0.4) is 0 Å². The van der Waals surface area contributed by atoms with E-state index in [2.05, 4.69) is 30.7 Å². The van der Waals surface area contributed by atoms with E-state index < -0.39 is 18.4 Å². The summed E-state index contributed by atoms with van der Waals surface area (Å²) in [6.45, 7) is 0. The number of aromatic nitrogens is 6. The quantitative estimate of drug-likeness (QED) is 0.450. The Kier molecular flexibility index (Phi) is 5.58. The summed E-state index contributed by atoms with van der Waals surface area (Å²) < 4.78 is 31.9. The van der Waals surface area contributed by atoms with Crippen molar-refractivity contribution in [3.05, 3.63) is 48.5 Å². The zero-order chi connectivity index (χ0) is 22.0. The third-order valence-electron chi connectivity index (χ3n) is 4.03. The molecule has 0 aliphatic rings. The molecule has 0 saturated heterocycles. The number of rotatable bonds is 6. The highest BCUT2D eigenvalue weighted by atomic mass is 32.2. The third-order valence-corrected chi connectivity index (χ3v) is 5.08. The Bertz CT molecular complexity index is 1210. The molecule has 1 amide bonds. The number of pyridine rings is 1. The summed E-state index contributed by atoms with van der Waals surface area (Å²) in [6, 6.07) is 10.1. The van der Waals surface area contributed by atoms with Crippen LogP contribution in [0.2, 0.25) is 0 Å². The van der Waals surface area contributed by atoms with Crippen molar-refractivity contribution in [2.24, 2.45) is 7.05 Å². The zero-order valence-corrected chi connectivity index (χ0v) is 16.5. The van der Waals surface area contributed by atoms with E-state index in [0.29, 0.717) is 22.1 Å². The molecule has 3 aromatic heterocycles. The van der Waals surface area contributed by atoms with Gasteiger partial charge in [-0.2, -0.15) is 8.78 Å². The van der Waals surface area contributed by atoms with Crippen molar-refractivity contribution in [1.82, 2.24) is 29.9 Å². The molecule has 0 fully saturated rings. The van der Waals surface area contributed by atoms with Gasteiger partial charge in [-0.15, -0.1) is 20.4 Å². The largest absolute Gasteiger partial charge is 0.465 e. The number of nitrogens with zero attached hydrogens (tertiary/aromatic N) is 6. The number of halogens is 2. The zero-order valence-electron chi connectivity index (χ0n) is 15.7. The fourth-order valence-corrected chi connectivity index (χ4v) is 3.36. The molecule has 10 nitrogen and oxygen atoms in total. The third kappa shape index (κ3) is 4.50. The minimum atomic E-state index is -2.82. The first-order valence-electron chi connectivity index (χ1n) is 8.66. The van der Waals surface area contributed by atoms with E-state index in [4.69, 9.17) is 9.52 Å². The molecule has 0 atom stereocenters. The number of nitrogens with one attached hydrogen (secondary N) is 1. The van der Waals surface area contributed by atoms with Gasteiger partial charge in [-0.1, -0.05) is 0 Å². The molecule has 0 bridgehead atoms. The van der Waals surface area contributed by atoms with Gasteiger partial charge >= 0.3 is 12.5 Å². The van der Waals surface area contributed by atoms with Crippen LogP contribution in [-0.4, -0.2) is 41.1 Å². The molecule has 3 heterocycles. The van der Waals surface area contributed by atoms with Crippen LogP contribution < -0.4 is 5.32 Å². The van der Waals surface area contributed by atoms with Crippen molar-refractivity contribution < 1.29 is 23.1 Å². The average Bonchev–Trinajstić information content (AvgIpc) is 3.37. The lowest BCUT2D eigenvalue weighted by molar-refractivity contribution is 0.116. The Labute approximate surface area is 177 Å². The van der Waals surface area contributed by atoms with Gasteiger partial charge in [-0.25, -0.2) is 9.78 Å². The van der Waals surface area contributed by atoms with Gasteiger partial charge in [0.25, 0.3) is 5.89 Å². The maximum Gasteiger partial charge on any atom is 0.410 e. The summed E-state index contributed by atoms with van der Waals surface area (Å²) in [7, 11) is 1.79. The van der Waals surface area contributed by atoms with Crippen LogP contribution in [-0.2, 0) is 7.05 Å². The van der Waals surface area contributed by atoms with E-state index in [1.165, 1.54) is 24.0 Å². The maximum absolute atomic E-state index is 12.6. The van der Waals surface area contributed by atoms with Gasteiger partial charge < -0.3 is 14.1 Å². The summed E-state index contributed by atoms with van der Waals surface area (Å²) in [5, 5.41) is 26.8. The first kappa shape index (κ1) is 20.4. The second-order valence-corrected chi connectivity index (χ2v) is 7.14. The van der Waals surface area contributed by atoms with Gasteiger partial charge in [-0.3, -0.25) is 5.32 Å². The summed E-state index contributed by atoms with van der Waals surface area (Å²) >= 11 is 1.35. The van der Waals surface area contributed by atoms with Gasteiger partial charge in [-0.05, 0) is 48.2 Å². The molecular weight excluding hydrogens is 432 g/mol. The molecular formula is C18H13F2N7O3S. The van der Waals surface area contributed by atoms with Crippen LogP contribution in [0.1, 0.15) is 12.3 Å². The number of benzene rings is 1. The van der Waals surface area contributed by atoms with Crippen LogP contribution in [0.25, 0.3) is 22.8 Å². The van der Waals surface area contributed by atoms with Crippen LogP contribution in [0.15, 0.2) is 57.1 Å². The summed E-state index contributed by atoms with van der Waals surface area (Å²) in [4.78, 5) is 15.5. The first-order chi connectivity index (χ1) is 14.9. The van der Waals surface area contributed by atoms with Crippen molar-refractivity contribution in [1.29, 1.82) is 0 Å². The minimum Gasteiger partial charge on any atom is -0.465 e. The fourth-order valence-electron chi connectivity index (χ4n) is 2.58. The van der Waals surface area contributed by atoms with Gasteiger partial charge in [0.2, 0.25) is 5.89 Å². The molecule has 0 radical (unpaired) electrons. The summed E-state index contributed by atoms with van der Waals surface area (Å²) in [5.74, 6) is 0.0522. The molecule has 2 N–H and O–H groups in total.